The maximum absolute atomic E-state index is 11.9. The van der Waals surface area contributed by atoms with Crippen molar-refractivity contribution in [2.45, 2.75) is 18.2 Å². The fraction of sp³-hybridized carbons (Fsp3) is 0.385. The molecule has 0 saturated heterocycles. The number of rotatable bonds is 3. The Morgan fingerprint density at radius 2 is 2.25 bits per heavy atom. The molecule has 20 heavy (non-hydrogen) atoms. The van der Waals surface area contributed by atoms with Crippen molar-refractivity contribution >= 4 is 46.6 Å². The Kier molecular flexibility index (Phi) is 5.18. The van der Waals surface area contributed by atoms with Crippen molar-refractivity contribution in [3.63, 3.8) is 0 Å². The van der Waals surface area contributed by atoms with E-state index in [0.29, 0.717) is 27.7 Å². The number of oxime groups is 1. The third-order valence-corrected chi connectivity index (χ3v) is 4.67. The number of carbonyl (C=O) groups excluding carboxylic acids is 1. The lowest BCUT2D eigenvalue weighted by atomic mass is 10.0. The summed E-state index contributed by atoms with van der Waals surface area (Å²) in [5, 5.41) is 4.77. The number of thioether (sulfide) groups is 1. The number of nitrogens with zero attached hydrogens (tertiary/aromatic N) is 1. The highest BCUT2D eigenvalue weighted by Gasteiger charge is 2.27. The fourth-order valence-corrected chi connectivity index (χ4v) is 3.76. The molecule has 0 N–H and O–H groups in total. The molecular weight excluding hydrogens is 321 g/mol. The molecule has 0 radical (unpaired) electrons. The van der Waals surface area contributed by atoms with Crippen LogP contribution in [0, 0.1) is 0 Å². The summed E-state index contributed by atoms with van der Waals surface area (Å²) in [7, 11) is 1.47. The average molecular weight is 334 g/mol. The predicted octanol–water partition coefficient (Wildman–Crippen LogP) is 4.02. The summed E-state index contributed by atoms with van der Waals surface area (Å²) in [6, 6.07) is 1.55. The molecule has 1 aliphatic rings. The van der Waals surface area contributed by atoms with Gasteiger partial charge >= 0.3 is 5.97 Å². The lowest BCUT2D eigenvalue weighted by Gasteiger charge is -2.21. The Hall–Kier alpha value is -0.910. The number of hydrogen-bond donors (Lipinski definition) is 0. The third-order valence-electron chi connectivity index (χ3n) is 2.74. The molecule has 1 aromatic rings. The normalized spacial score (nSPS) is 15.9. The quantitative estimate of drug-likeness (QED) is 0.619. The highest BCUT2D eigenvalue weighted by atomic mass is 35.5. The van der Waals surface area contributed by atoms with E-state index in [9.17, 15) is 4.79 Å². The Morgan fingerprint density at radius 1 is 1.50 bits per heavy atom. The smallest absolute Gasteiger partial charge is 0.339 e. The summed E-state index contributed by atoms with van der Waals surface area (Å²) in [6.07, 6.45) is 0.702. The van der Waals surface area contributed by atoms with Gasteiger partial charge in [0.2, 0.25) is 0 Å². The number of halogens is 2. The van der Waals surface area contributed by atoms with Crippen molar-refractivity contribution in [2.24, 2.45) is 5.16 Å². The summed E-state index contributed by atoms with van der Waals surface area (Å²) in [6.45, 7) is 2.01. The lowest BCUT2D eigenvalue weighted by molar-refractivity contribution is 0.0526. The molecular formula is C13H13Cl2NO3S. The molecule has 108 valence electrons. The van der Waals surface area contributed by atoms with Gasteiger partial charge in [-0.3, -0.25) is 0 Å². The number of benzene rings is 1. The minimum Gasteiger partial charge on any atom is -0.462 e. The van der Waals surface area contributed by atoms with Crippen molar-refractivity contribution in [2.75, 3.05) is 19.5 Å². The first-order valence-corrected chi connectivity index (χ1v) is 7.76. The van der Waals surface area contributed by atoms with Crippen LogP contribution in [0.15, 0.2) is 16.1 Å². The molecule has 0 spiro atoms. The zero-order valence-electron chi connectivity index (χ0n) is 11.0. The average Bonchev–Trinajstić information content (AvgIpc) is 2.43. The van der Waals surface area contributed by atoms with Gasteiger partial charge < -0.3 is 9.57 Å². The van der Waals surface area contributed by atoms with Crippen molar-refractivity contribution < 1.29 is 14.4 Å². The van der Waals surface area contributed by atoms with Gasteiger partial charge in [-0.2, -0.15) is 0 Å². The van der Waals surface area contributed by atoms with Crippen LogP contribution in [-0.4, -0.2) is 31.2 Å². The van der Waals surface area contributed by atoms with Gasteiger partial charge in [0.05, 0.1) is 27.9 Å². The van der Waals surface area contributed by atoms with Gasteiger partial charge in [0.25, 0.3) is 0 Å². The van der Waals surface area contributed by atoms with Crippen LogP contribution in [0.3, 0.4) is 0 Å². The van der Waals surface area contributed by atoms with E-state index in [1.165, 1.54) is 7.11 Å². The monoisotopic (exact) mass is 333 g/mol. The number of hydrogen-bond acceptors (Lipinski definition) is 5. The number of ether oxygens (including phenoxy) is 1. The van der Waals surface area contributed by atoms with E-state index in [1.807, 2.05) is 0 Å². The van der Waals surface area contributed by atoms with E-state index < -0.39 is 5.97 Å². The number of esters is 1. The topological polar surface area (TPSA) is 47.9 Å². The van der Waals surface area contributed by atoms with Crippen LogP contribution in [0.4, 0.5) is 0 Å². The molecule has 0 bridgehead atoms. The molecule has 0 amide bonds. The van der Waals surface area contributed by atoms with E-state index >= 15 is 0 Å². The second kappa shape index (κ2) is 6.70. The second-order valence-corrected chi connectivity index (χ2v) is 5.85. The number of carbonyl (C=O) groups is 1. The molecule has 0 fully saturated rings. The predicted molar refractivity (Wildman–Crippen MR) is 81.3 cm³/mol. The first kappa shape index (κ1) is 15.5. The van der Waals surface area contributed by atoms with Crippen LogP contribution in [0.2, 0.25) is 10.0 Å². The maximum Gasteiger partial charge on any atom is 0.339 e. The molecule has 7 heteroatoms. The Morgan fingerprint density at radius 3 is 2.90 bits per heavy atom. The summed E-state index contributed by atoms with van der Waals surface area (Å²) >= 11 is 14.2. The third kappa shape index (κ3) is 2.90. The Labute approximate surface area is 131 Å². The Balaban J connectivity index is 2.60. The minimum atomic E-state index is -0.491. The summed E-state index contributed by atoms with van der Waals surface area (Å²) in [4.78, 5) is 17.6. The molecule has 1 aromatic carbocycles. The largest absolute Gasteiger partial charge is 0.462 e. The van der Waals surface area contributed by atoms with E-state index in [2.05, 4.69) is 5.16 Å². The minimum absolute atomic E-state index is 0.253. The zero-order valence-corrected chi connectivity index (χ0v) is 13.4. The summed E-state index contributed by atoms with van der Waals surface area (Å²) < 4.78 is 4.99. The molecule has 4 nitrogen and oxygen atoms in total. The fourth-order valence-electron chi connectivity index (χ4n) is 1.94. The van der Waals surface area contributed by atoms with Gasteiger partial charge in [-0.15, -0.1) is 11.8 Å². The van der Waals surface area contributed by atoms with Crippen LogP contribution in [0.25, 0.3) is 0 Å². The highest BCUT2D eigenvalue weighted by molar-refractivity contribution is 7.99. The van der Waals surface area contributed by atoms with E-state index in [0.717, 1.165) is 10.6 Å². The first-order chi connectivity index (χ1) is 9.60. The van der Waals surface area contributed by atoms with Crippen LogP contribution in [0.1, 0.15) is 29.3 Å². The molecule has 0 saturated carbocycles. The second-order valence-electron chi connectivity index (χ2n) is 3.96. The van der Waals surface area contributed by atoms with Crippen molar-refractivity contribution in [1.82, 2.24) is 0 Å². The Bertz CT molecular complexity index is 575. The van der Waals surface area contributed by atoms with E-state index in [-0.39, 0.29) is 12.2 Å². The molecule has 1 aliphatic heterocycles. The number of fused-ring (bicyclic) bond motifs is 1. The molecule has 0 aliphatic carbocycles. The standard InChI is InChI=1S/C13H13Cl2NO3S/c1-3-19-13(17)7-6-8(14)12-10(11(7)15)9(16-18-2)4-5-20-12/h6H,3-5H2,1-2H3. The molecule has 0 atom stereocenters. The van der Waals surface area contributed by atoms with Crippen LogP contribution in [-0.2, 0) is 9.57 Å². The summed E-state index contributed by atoms with van der Waals surface area (Å²) in [5.74, 6) is 0.346. The van der Waals surface area contributed by atoms with Gasteiger partial charge in [-0.25, -0.2) is 4.79 Å². The van der Waals surface area contributed by atoms with Crippen LogP contribution in [0.5, 0.6) is 0 Å². The van der Waals surface area contributed by atoms with Crippen LogP contribution >= 0.6 is 35.0 Å². The zero-order chi connectivity index (χ0) is 14.7. The molecule has 0 unspecified atom stereocenters. The van der Waals surface area contributed by atoms with E-state index in [1.54, 1.807) is 24.8 Å². The van der Waals surface area contributed by atoms with Gasteiger partial charge in [0, 0.05) is 22.6 Å². The molecule has 1 heterocycles. The summed E-state index contributed by atoms with van der Waals surface area (Å²) in [5.41, 5.74) is 1.61. The van der Waals surface area contributed by atoms with Gasteiger partial charge in [-0.1, -0.05) is 28.4 Å². The van der Waals surface area contributed by atoms with Crippen molar-refractivity contribution in [1.29, 1.82) is 0 Å². The van der Waals surface area contributed by atoms with Gasteiger partial charge in [-0.05, 0) is 13.0 Å². The molecule has 0 aromatic heterocycles. The van der Waals surface area contributed by atoms with Gasteiger partial charge in [0.15, 0.2) is 0 Å². The van der Waals surface area contributed by atoms with Crippen molar-refractivity contribution in [3.05, 3.63) is 27.2 Å². The SMILES string of the molecule is CCOC(=O)c1cc(Cl)c2c(c1Cl)C(=NOC)CCS2. The van der Waals surface area contributed by atoms with Crippen LogP contribution < -0.4 is 0 Å². The first-order valence-electron chi connectivity index (χ1n) is 6.02. The van der Waals surface area contributed by atoms with Gasteiger partial charge in [0.1, 0.15) is 7.11 Å². The van der Waals surface area contributed by atoms with Crippen molar-refractivity contribution in [3.8, 4) is 0 Å². The highest BCUT2D eigenvalue weighted by Crippen LogP contribution is 2.41. The molecule has 2 rings (SSSR count). The van der Waals surface area contributed by atoms with E-state index in [4.69, 9.17) is 32.8 Å². The maximum atomic E-state index is 11.9. The lowest BCUT2D eigenvalue weighted by Crippen LogP contribution is -2.15.